The molecule has 0 saturated heterocycles. The summed E-state index contributed by atoms with van der Waals surface area (Å²) in [4.78, 5) is 10.2. The number of non-ortho nitro benzene ring substituents is 1. The minimum Gasteiger partial charge on any atom is -0.316 e. The summed E-state index contributed by atoms with van der Waals surface area (Å²) >= 11 is 0. The Kier molecular flexibility index (Phi) is 3.38. The van der Waals surface area contributed by atoms with Gasteiger partial charge in [-0.15, -0.1) is 0 Å². The van der Waals surface area contributed by atoms with Gasteiger partial charge in [-0.05, 0) is 26.1 Å². The molecule has 0 saturated carbocycles. The van der Waals surface area contributed by atoms with E-state index in [1.807, 2.05) is 20.2 Å². The van der Waals surface area contributed by atoms with Gasteiger partial charge in [-0.2, -0.15) is 5.10 Å². The van der Waals surface area contributed by atoms with Crippen LogP contribution in [-0.2, 0) is 6.54 Å². The Bertz CT molecular complexity index is 560. The van der Waals surface area contributed by atoms with E-state index >= 15 is 0 Å². The highest BCUT2D eigenvalue weighted by Crippen LogP contribution is 2.16. The first-order chi connectivity index (χ1) is 8.61. The van der Waals surface area contributed by atoms with Gasteiger partial charge in [0, 0.05) is 30.4 Å². The molecule has 18 heavy (non-hydrogen) atoms. The second kappa shape index (κ2) is 4.97. The number of aromatic nitrogens is 2. The van der Waals surface area contributed by atoms with Crippen molar-refractivity contribution in [3.63, 3.8) is 0 Å². The average Bonchev–Trinajstić information content (AvgIpc) is 2.72. The Hall–Kier alpha value is -2.21. The second-order valence-electron chi connectivity index (χ2n) is 3.99. The fourth-order valence-electron chi connectivity index (χ4n) is 1.72. The van der Waals surface area contributed by atoms with Gasteiger partial charge in [0.25, 0.3) is 5.69 Å². The summed E-state index contributed by atoms with van der Waals surface area (Å²) < 4.78 is 1.73. The van der Waals surface area contributed by atoms with Crippen LogP contribution in [0.15, 0.2) is 30.5 Å². The minimum absolute atomic E-state index is 0.0816. The summed E-state index contributed by atoms with van der Waals surface area (Å²) in [5, 5.41) is 18.0. The highest BCUT2D eigenvalue weighted by atomic mass is 16.6. The van der Waals surface area contributed by atoms with Gasteiger partial charge >= 0.3 is 0 Å². The molecule has 1 heterocycles. The molecule has 0 atom stereocenters. The fraction of sp³-hybridized carbons (Fsp3) is 0.250. The Balaban J connectivity index is 2.31. The lowest BCUT2D eigenvalue weighted by molar-refractivity contribution is -0.384. The molecule has 6 nitrogen and oxygen atoms in total. The molecule has 94 valence electrons. The molecule has 0 fully saturated rings. The van der Waals surface area contributed by atoms with Crippen molar-refractivity contribution in [1.29, 1.82) is 0 Å². The zero-order valence-corrected chi connectivity index (χ0v) is 10.3. The molecule has 0 radical (unpaired) electrons. The topological polar surface area (TPSA) is 73.0 Å². The predicted octanol–water partition coefficient (Wildman–Crippen LogP) is 1.81. The number of nitro groups is 1. The van der Waals surface area contributed by atoms with Crippen molar-refractivity contribution in [3.05, 3.63) is 51.8 Å². The van der Waals surface area contributed by atoms with Crippen molar-refractivity contribution >= 4 is 5.69 Å². The van der Waals surface area contributed by atoms with Crippen LogP contribution in [0.3, 0.4) is 0 Å². The molecule has 0 unspecified atom stereocenters. The number of nitrogens with one attached hydrogen (secondary N) is 1. The van der Waals surface area contributed by atoms with E-state index in [9.17, 15) is 10.1 Å². The number of benzene rings is 1. The summed E-state index contributed by atoms with van der Waals surface area (Å²) in [5.41, 5.74) is 2.95. The van der Waals surface area contributed by atoms with E-state index in [4.69, 9.17) is 0 Å². The molecule has 2 rings (SSSR count). The predicted molar refractivity (Wildman–Crippen MR) is 67.7 cm³/mol. The van der Waals surface area contributed by atoms with E-state index in [2.05, 4.69) is 10.4 Å². The highest BCUT2D eigenvalue weighted by molar-refractivity contribution is 5.41. The Labute approximate surface area is 104 Å². The lowest BCUT2D eigenvalue weighted by Crippen LogP contribution is -2.05. The molecule has 1 aromatic carbocycles. The van der Waals surface area contributed by atoms with Crippen LogP contribution >= 0.6 is 0 Å². The molecular formula is C12H14N4O2. The standard InChI is InChI=1S/C12H14N4O2/c1-9-10(7-13-2)8-15(14-9)11-3-5-12(6-4-11)16(17)18/h3-6,8,13H,7H2,1-2H3. The lowest BCUT2D eigenvalue weighted by Gasteiger charge is -2.00. The van der Waals surface area contributed by atoms with E-state index in [-0.39, 0.29) is 5.69 Å². The first kappa shape index (κ1) is 12.3. The SMILES string of the molecule is CNCc1cn(-c2ccc([N+](=O)[O-])cc2)nc1C. The molecule has 1 aromatic heterocycles. The monoisotopic (exact) mass is 246 g/mol. The zero-order chi connectivity index (χ0) is 13.1. The molecule has 0 amide bonds. The van der Waals surface area contributed by atoms with Crippen molar-refractivity contribution in [1.82, 2.24) is 15.1 Å². The van der Waals surface area contributed by atoms with Gasteiger partial charge in [-0.1, -0.05) is 0 Å². The van der Waals surface area contributed by atoms with Crippen molar-refractivity contribution in [2.45, 2.75) is 13.5 Å². The third-order valence-electron chi connectivity index (χ3n) is 2.69. The quantitative estimate of drug-likeness (QED) is 0.659. The number of hydrogen-bond donors (Lipinski definition) is 1. The van der Waals surface area contributed by atoms with Crippen LogP contribution in [0.25, 0.3) is 5.69 Å². The maximum Gasteiger partial charge on any atom is 0.269 e. The molecular weight excluding hydrogens is 232 g/mol. The van der Waals surface area contributed by atoms with Crippen molar-refractivity contribution in [3.8, 4) is 5.69 Å². The molecule has 1 N–H and O–H groups in total. The molecule has 6 heteroatoms. The first-order valence-electron chi connectivity index (χ1n) is 5.56. The summed E-state index contributed by atoms with van der Waals surface area (Å²) in [6, 6.07) is 6.33. The third kappa shape index (κ3) is 2.38. The van der Waals surface area contributed by atoms with Crippen molar-refractivity contribution in [2.75, 3.05) is 7.05 Å². The fourth-order valence-corrected chi connectivity index (χ4v) is 1.72. The van der Waals surface area contributed by atoms with Crippen molar-refractivity contribution in [2.24, 2.45) is 0 Å². The Morgan fingerprint density at radius 1 is 1.39 bits per heavy atom. The molecule has 0 aliphatic rings. The Morgan fingerprint density at radius 2 is 2.06 bits per heavy atom. The van der Waals surface area contributed by atoms with E-state index in [1.165, 1.54) is 12.1 Å². The molecule has 0 spiro atoms. The molecule has 0 aliphatic heterocycles. The summed E-state index contributed by atoms with van der Waals surface area (Å²) in [7, 11) is 1.88. The largest absolute Gasteiger partial charge is 0.316 e. The van der Waals surface area contributed by atoms with E-state index in [0.29, 0.717) is 0 Å². The van der Waals surface area contributed by atoms with Gasteiger partial charge in [0.1, 0.15) is 0 Å². The normalized spacial score (nSPS) is 10.6. The van der Waals surface area contributed by atoms with Crippen LogP contribution in [0, 0.1) is 17.0 Å². The van der Waals surface area contributed by atoms with Gasteiger partial charge in [0.2, 0.25) is 0 Å². The van der Waals surface area contributed by atoms with Gasteiger partial charge in [-0.25, -0.2) is 4.68 Å². The molecule has 0 aliphatic carbocycles. The summed E-state index contributed by atoms with van der Waals surface area (Å²) in [6.07, 6.45) is 1.92. The van der Waals surface area contributed by atoms with E-state index < -0.39 is 4.92 Å². The van der Waals surface area contributed by atoms with Gasteiger partial charge in [-0.3, -0.25) is 10.1 Å². The van der Waals surface area contributed by atoms with Crippen LogP contribution in [0.2, 0.25) is 0 Å². The van der Waals surface area contributed by atoms with Gasteiger partial charge in [0.05, 0.1) is 16.3 Å². The number of aryl methyl sites for hydroxylation is 1. The van der Waals surface area contributed by atoms with Crippen LogP contribution in [0.1, 0.15) is 11.3 Å². The van der Waals surface area contributed by atoms with E-state index in [0.717, 1.165) is 23.5 Å². The van der Waals surface area contributed by atoms with Crippen molar-refractivity contribution < 1.29 is 4.92 Å². The smallest absolute Gasteiger partial charge is 0.269 e. The van der Waals surface area contributed by atoms with Crippen LogP contribution < -0.4 is 5.32 Å². The summed E-state index contributed by atoms with van der Waals surface area (Å²) in [6.45, 7) is 2.69. The van der Waals surface area contributed by atoms with Gasteiger partial charge in [0.15, 0.2) is 0 Å². The van der Waals surface area contributed by atoms with Crippen LogP contribution in [0.5, 0.6) is 0 Å². The first-order valence-corrected chi connectivity index (χ1v) is 5.56. The van der Waals surface area contributed by atoms with Gasteiger partial charge < -0.3 is 5.32 Å². The lowest BCUT2D eigenvalue weighted by atomic mass is 10.2. The number of nitro benzene ring substituents is 1. The Morgan fingerprint density at radius 3 is 2.61 bits per heavy atom. The number of hydrogen-bond acceptors (Lipinski definition) is 4. The highest BCUT2D eigenvalue weighted by Gasteiger charge is 2.08. The number of nitrogens with zero attached hydrogens (tertiary/aromatic N) is 3. The summed E-state index contributed by atoms with van der Waals surface area (Å²) in [5.74, 6) is 0. The third-order valence-corrected chi connectivity index (χ3v) is 2.69. The maximum atomic E-state index is 10.6. The average molecular weight is 246 g/mol. The van der Waals surface area contributed by atoms with Crippen LogP contribution in [-0.4, -0.2) is 21.8 Å². The molecule has 2 aromatic rings. The maximum absolute atomic E-state index is 10.6. The van der Waals surface area contributed by atoms with E-state index in [1.54, 1.807) is 16.8 Å². The second-order valence-corrected chi connectivity index (χ2v) is 3.99. The van der Waals surface area contributed by atoms with Crippen LogP contribution in [0.4, 0.5) is 5.69 Å². The molecule has 0 bridgehead atoms. The number of rotatable bonds is 4. The zero-order valence-electron chi connectivity index (χ0n) is 10.3. The minimum atomic E-state index is -0.412.